The Morgan fingerprint density at radius 2 is 1.91 bits per heavy atom. The van der Waals surface area contributed by atoms with Crippen LogP contribution in [-0.4, -0.2) is 29.1 Å². The Labute approximate surface area is 130 Å². The summed E-state index contributed by atoms with van der Waals surface area (Å²) in [4.78, 5) is 24.2. The van der Waals surface area contributed by atoms with Crippen LogP contribution in [0.4, 0.5) is 0 Å². The molecule has 1 aliphatic carbocycles. The van der Waals surface area contributed by atoms with Gasteiger partial charge in [-0.15, -0.1) is 0 Å². The first kappa shape index (κ1) is 16.5. The number of carbonyl (C=O) groups is 2. The fourth-order valence-corrected chi connectivity index (χ4v) is 2.48. The zero-order valence-electron chi connectivity index (χ0n) is 13.5. The van der Waals surface area contributed by atoms with E-state index < -0.39 is 18.1 Å². The summed E-state index contributed by atoms with van der Waals surface area (Å²) >= 11 is 0. The van der Waals surface area contributed by atoms with E-state index in [9.17, 15) is 14.7 Å². The molecule has 0 spiro atoms. The third kappa shape index (κ3) is 3.88. The monoisotopic (exact) mass is 308 g/mol. The van der Waals surface area contributed by atoms with Gasteiger partial charge in [-0.05, 0) is 46.6 Å². The minimum absolute atomic E-state index is 0.00904. The van der Waals surface area contributed by atoms with Gasteiger partial charge in [-0.1, -0.05) is 0 Å². The van der Waals surface area contributed by atoms with Crippen LogP contribution in [0.25, 0.3) is 0 Å². The van der Waals surface area contributed by atoms with E-state index in [4.69, 9.17) is 4.42 Å². The number of amides is 2. The van der Waals surface area contributed by atoms with E-state index in [0.29, 0.717) is 0 Å². The molecule has 0 saturated heterocycles. The Kier molecular flexibility index (Phi) is 4.90. The quantitative estimate of drug-likeness (QED) is 0.740. The van der Waals surface area contributed by atoms with Crippen LogP contribution in [0.5, 0.6) is 0 Å². The summed E-state index contributed by atoms with van der Waals surface area (Å²) in [5.74, 6) is 0.965. The van der Waals surface area contributed by atoms with Gasteiger partial charge in [0.15, 0.2) is 0 Å². The molecule has 1 aliphatic rings. The van der Waals surface area contributed by atoms with Crippen molar-refractivity contribution in [3.63, 3.8) is 0 Å². The highest BCUT2D eigenvalue weighted by Crippen LogP contribution is 2.29. The smallest absolute Gasteiger partial charge is 0.245 e. The summed E-state index contributed by atoms with van der Waals surface area (Å²) in [6.45, 7) is 7.03. The second kappa shape index (κ2) is 6.52. The lowest BCUT2D eigenvalue weighted by atomic mass is 10.1. The van der Waals surface area contributed by atoms with Crippen molar-refractivity contribution in [2.45, 2.75) is 58.7 Å². The van der Waals surface area contributed by atoms with Crippen LogP contribution in [0.1, 0.15) is 49.8 Å². The van der Waals surface area contributed by atoms with Crippen molar-refractivity contribution in [1.29, 1.82) is 0 Å². The molecule has 122 valence electrons. The van der Waals surface area contributed by atoms with E-state index >= 15 is 0 Å². The molecule has 3 N–H and O–H groups in total. The number of carbonyl (C=O) groups excluding carboxylic acids is 2. The highest BCUT2D eigenvalue weighted by Gasteiger charge is 2.34. The number of aliphatic hydroxyl groups excluding tert-OH is 1. The molecule has 22 heavy (non-hydrogen) atoms. The van der Waals surface area contributed by atoms with Crippen LogP contribution in [0, 0.1) is 19.8 Å². The van der Waals surface area contributed by atoms with Gasteiger partial charge in [0.2, 0.25) is 11.8 Å². The van der Waals surface area contributed by atoms with Crippen molar-refractivity contribution in [2.75, 3.05) is 0 Å². The standard InChI is InChI=1S/C16H24N2O4/c1-8-7-13(11(4)22-8)9(2)17-16(21)14(10(3)19)18-15(20)12-5-6-12/h7,9-10,12,14,19H,5-6H2,1-4H3,(H,17,21)(H,18,20). The van der Waals surface area contributed by atoms with E-state index in [1.807, 2.05) is 26.8 Å². The second-order valence-electron chi connectivity index (χ2n) is 6.10. The number of nitrogens with one attached hydrogen (secondary N) is 2. The van der Waals surface area contributed by atoms with Crippen LogP contribution < -0.4 is 10.6 Å². The Hall–Kier alpha value is -1.82. The highest BCUT2D eigenvalue weighted by atomic mass is 16.3. The van der Waals surface area contributed by atoms with Gasteiger partial charge in [-0.25, -0.2) is 0 Å². The Morgan fingerprint density at radius 3 is 2.36 bits per heavy atom. The summed E-state index contributed by atoms with van der Waals surface area (Å²) in [6, 6.07) is 0.674. The number of hydrogen-bond acceptors (Lipinski definition) is 4. The predicted molar refractivity (Wildman–Crippen MR) is 81.1 cm³/mol. The average Bonchev–Trinajstić information content (AvgIpc) is 3.20. The first-order valence-corrected chi connectivity index (χ1v) is 7.65. The number of aryl methyl sites for hydroxylation is 2. The summed E-state index contributed by atoms with van der Waals surface area (Å²) < 4.78 is 5.46. The van der Waals surface area contributed by atoms with E-state index in [2.05, 4.69) is 10.6 Å². The first-order chi connectivity index (χ1) is 10.3. The minimum atomic E-state index is -0.956. The fraction of sp³-hybridized carbons (Fsp3) is 0.625. The normalized spacial score (nSPS) is 18.4. The summed E-state index contributed by atoms with van der Waals surface area (Å²) in [5, 5.41) is 15.2. The average molecular weight is 308 g/mol. The maximum atomic E-state index is 12.3. The van der Waals surface area contributed by atoms with Crippen LogP contribution in [-0.2, 0) is 9.59 Å². The Balaban J connectivity index is 2.00. The highest BCUT2D eigenvalue weighted by molar-refractivity contribution is 5.89. The minimum Gasteiger partial charge on any atom is -0.466 e. The van der Waals surface area contributed by atoms with Crippen molar-refractivity contribution >= 4 is 11.8 Å². The zero-order chi connectivity index (χ0) is 16.4. The molecule has 6 heteroatoms. The van der Waals surface area contributed by atoms with E-state index in [0.717, 1.165) is 29.9 Å². The number of hydrogen-bond donors (Lipinski definition) is 3. The molecule has 2 amide bonds. The van der Waals surface area contributed by atoms with Crippen molar-refractivity contribution in [2.24, 2.45) is 5.92 Å². The van der Waals surface area contributed by atoms with Crippen LogP contribution >= 0.6 is 0 Å². The maximum absolute atomic E-state index is 12.3. The maximum Gasteiger partial charge on any atom is 0.245 e. The molecule has 1 heterocycles. The fourth-order valence-electron chi connectivity index (χ4n) is 2.48. The molecule has 3 unspecified atom stereocenters. The van der Waals surface area contributed by atoms with E-state index in [1.54, 1.807) is 0 Å². The third-order valence-electron chi connectivity index (χ3n) is 3.92. The van der Waals surface area contributed by atoms with Gasteiger partial charge < -0.3 is 20.2 Å². The van der Waals surface area contributed by atoms with Crippen LogP contribution in [0.15, 0.2) is 10.5 Å². The molecule has 2 rings (SSSR count). The number of aliphatic hydroxyl groups is 1. The third-order valence-corrected chi connectivity index (χ3v) is 3.92. The molecule has 1 saturated carbocycles. The van der Waals surface area contributed by atoms with Gasteiger partial charge in [0.05, 0.1) is 12.1 Å². The first-order valence-electron chi connectivity index (χ1n) is 7.65. The molecule has 0 radical (unpaired) electrons. The molecule has 3 atom stereocenters. The van der Waals surface area contributed by atoms with Gasteiger partial charge in [-0.3, -0.25) is 9.59 Å². The summed E-state index contributed by atoms with van der Waals surface area (Å²) in [6.07, 6.45) is 0.746. The number of furan rings is 1. The molecule has 0 aliphatic heterocycles. The molecule has 0 bridgehead atoms. The molecule has 1 fully saturated rings. The molecule has 1 aromatic rings. The zero-order valence-corrected chi connectivity index (χ0v) is 13.5. The number of rotatable bonds is 6. The van der Waals surface area contributed by atoms with Crippen molar-refractivity contribution in [1.82, 2.24) is 10.6 Å². The predicted octanol–water partition coefficient (Wildman–Crippen LogP) is 1.35. The lowest BCUT2D eigenvalue weighted by Gasteiger charge is -2.23. The Morgan fingerprint density at radius 1 is 1.27 bits per heavy atom. The van der Waals surface area contributed by atoms with Crippen molar-refractivity contribution in [3.8, 4) is 0 Å². The van der Waals surface area contributed by atoms with E-state index in [1.165, 1.54) is 6.92 Å². The molecular weight excluding hydrogens is 284 g/mol. The molecule has 1 aromatic heterocycles. The summed E-state index contributed by atoms with van der Waals surface area (Å²) in [7, 11) is 0. The van der Waals surface area contributed by atoms with Crippen LogP contribution in [0.2, 0.25) is 0 Å². The lowest BCUT2D eigenvalue weighted by Crippen LogP contribution is -2.53. The van der Waals surface area contributed by atoms with Crippen LogP contribution in [0.3, 0.4) is 0 Å². The SMILES string of the molecule is Cc1cc(C(C)NC(=O)C(NC(=O)C2CC2)C(C)O)c(C)o1. The van der Waals surface area contributed by atoms with Gasteiger partial charge in [-0.2, -0.15) is 0 Å². The van der Waals surface area contributed by atoms with E-state index in [-0.39, 0.29) is 17.9 Å². The Bertz CT molecular complexity index is 560. The van der Waals surface area contributed by atoms with Crippen molar-refractivity contribution < 1.29 is 19.1 Å². The topological polar surface area (TPSA) is 91.6 Å². The largest absolute Gasteiger partial charge is 0.466 e. The molecular formula is C16H24N2O4. The molecule has 6 nitrogen and oxygen atoms in total. The van der Waals surface area contributed by atoms with Crippen molar-refractivity contribution in [3.05, 3.63) is 23.2 Å². The summed E-state index contributed by atoms with van der Waals surface area (Å²) in [5.41, 5.74) is 0.892. The van der Waals surface area contributed by atoms with Gasteiger partial charge >= 0.3 is 0 Å². The molecule has 0 aromatic carbocycles. The lowest BCUT2D eigenvalue weighted by molar-refractivity contribution is -0.132. The second-order valence-corrected chi connectivity index (χ2v) is 6.10. The van der Waals surface area contributed by atoms with Gasteiger partial charge in [0.1, 0.15) is 17.6 Å². The van der Waals surface area contributed by atoms with Gasteiger partial charge in [0.25, 0.3) is 0 Å². The van der Waals surface area contributed by atoms with Gasteiger partial charge in [0, 0.05) is 11.5 Å².